The van der Waals surface area contributed by atoms with E-state index < -0.39 is 0 Å². The largest absolute Gasteiger partial charge is 0.260 e. The van der Waals surface area contributed by atoms with Gasteiger partial charge in [0, 0.05) is 11.8 Å². The molecule has 2 nitrogen and oxygen atoms in total. The van der Waals surface area contributed by atoms with Crippen LogP contribution in [-0.4, -0.2) is 17.9 Å². The quantitative estimate of drug-likeness (QED) is 0.337. The first kappa shape index (κ1) is 9.52. The molecule has 0 unspecified atom stereocenters. The molecule has 0 bridgehead atoms. The van der Waals surface area contributed by atoms with Crippen molar-refractivity contribution in [2.45, 2.75) is 11.4 Å². The minimum absolute atomic E-state index is 0.297. The summed E-state index contributed by atoms with van der Waals surface area (Å²) in [6.07, 6.45) is 3.30. The Morgan fingerprint density at radius 2 is 2.64 bits per heavy atom. The zero-order chi connectivity index (χ0) is 8.27. The lowest BCUT2D eigenvalue weighted by Gasteiger charge is -2.30. The van der Waals surface area contributed by atoms with E-state index in [2.05, 4.69) is 32.9 Å². The van der Waals surface area contributed by atoms with Crippen molar-refractivity contribution in [3.05, 3.63) is 11.6 Å². The van der Waals surface area contributed by atoms with Crippen LogP contribution in [-0.2, 0) is 0 Å². The second-order valence-corrected chi connectivity index (χ2v) is 3.80. The molecule has 0 amide bonds. The second kappa shape index (κ2) is 4.45. The van der Waals surface area contributed by atoms with Crippen molar-refractivity contribution in [2.24, 2.45) is 5.92 Å². The number of halogens is 2. The third-order valence-electron chi connectivity index (χ3n) is 1.90. The van der Waals surface area contributed by atoms with Crippen LogP contribution in [0.3, 0.4) is 0 Å². The molecule has 0 fully saturated rings. The van der Waals surface area contributed by atoms with Gasteiger partial charge in [-0.15, -0.1) is 11.6 Å². The Labute approximate surface area is 80.5 Å². The van der Waals surface area contributed by atoms with Crippen LogP contribution < -0.4 is 10.9 Å². The summed E-state index contributed by atoms with van der Waals surface area (Å²) in [5.41, 5.74) is 7.30. The molecular weight excluding hydrogens is 227 g/mol. The Morgan fingerprint density at radius 1 is 1.91 bits per heavy atom. The lowest BCUT2D eigenvalue weighted by atomic mass is 9.86. The number of alkyl halides is 2. The second-order valence-electron chi connectivity index (χ2n) is 2.55. The van der Waals surface area contributed by atoms with E-state index in [1.165, 1.54) is 5.57 Å². The van der Waals surface area contributed by atoms with Gasteiger partial charge < -0.3 is 0 Å². The van der Waals surface area contributed by atoms with Crippen LogP contribution >= 0.6 is 27.5 Å². The summed E-state index contributed by atoms with van der Waals surface area (Å²) in [4.78, 5) is 0.297. The maximum absolute atomic E-state index is 5.71. The number of rotatable bonds is 4. The van der Waals surface area contributed by atoms with Gasteiger partial charge in [-0.2, -0.15) is 0 Å². The van der Waals surface area contributed by atoms with Gasteiger partial charge in [-0.1, -0.05) is 27.6 Å². The first-order valence-corrected chi connectivity index (χ1v) is 5.06. The Hall–Kier alpha value is 0.430. The molecule has 0 aromatic heterocycles. The molecule has 0 spiro atoms. The lowest BCUT2D eigenvalue weighted by Crippen LogP contribution is -2.41. The normalized spacial score (nSPS) is 25.7. The van der Waals surface area contributed by atoms with Crippen LogP contribution in [0, 0.1) is 5.92 Å². The van der Waals surface area contributed by atoms with Gasteiger partial charge in [0.2, 0.25) is 0 Å². The molecule has 0 saturated heterocycles. The minimum Gasteiger partial charge on any atom is -0.260 e. The SMILES string of the molecule is CNN[C@@H](Br)[C@H]1CC=C1CCl. The number of hydrogen-bond acceptors (Lipinski definition) is 2. The maximum atomic E-state index is 5.71. The van der Waals surface area contributed by atoms with Crippen molar-refractivity contribution in [3.8, 4) is 0 Å². The summed E-state index contributed by atoms with van der Waals surface area (Å²) in [6, 6.07) is 0. The first-order valence-electron chi connectivity index (χ1n) is 3.60. The highest BCUT2D eigenvalue weighted by atomic mass is 79.9. The van der Waals surface area contributed by atoms with Gasteiger partial charge in [0.25, 0.3) is 0 Å². The van der Waals surface area contributed by atoms with Gasteiger partial charge >= 0.3 is 0 Å². The molecule has 0 radical (unpaired) electrons. The Balaban J connectivity index is 2.33. The average molecular weight is 240 g/mol. The van der Waals surface area contributed by atoms with Crippen LogP contribution in [0.4, 0.5) is 0 Å². The molecule has 2 atom stereocenters. The molecule has 0 heterocycles. The summed E-state index contributed by atoms with van der Waals surface area (Å²) >= 11 is 9.23. The van der Waals surface area contributed by atoms with E-state index in [1.807, 2.05) is 7.05 Å². The fourth-order valence-corrected chi connectivity index (χ4v) is 2.21. The van der Waals surface area contributed by atoms with E-state index in [1.54, 1.807) is 0 Å². The van der Waals surface area contributed by atoms with E-state index in [0.717, 1.165) is 6.42 Å². The number of nitrogens with one attached hydrogen (secondary N) is 2. The summed E-state index contributed by atoms with van der Waals surface area (Å²) in [7, 11) is 1.86. The highest BCUT2D eigenvalue weighted by molar-refractivity contribution is 9.09. The van der Waals surface area contributed by atoms with Gasteiger partial charge in [0.15, 0.2) is 0 Å². The summed E-state index contributed by atoms with van der Waals surface area (Å²) in [5, 5.41) is 0. The summed E-state index contributed by atoms with van der Waals surface area (Å²) in [6.45, 7) is 0. The molecule has 11 heavy (non-hydrogen) atoms. The maximum Gasteiger partial charge on any atom is 0.0831 e. The lowest BCUT2D eigenvalue weighted by molar-refractivity contribution is 0.442. The van der Waals surface area contributed by atoms with E-state index in [0.29, 0.717) is 16.7 Å². The van der Waals surface area contributed by atoms with Crippen LogP contribution in [0.2, 0.25) is 0 Å². The Kier molecular flexibility index (Phi) is 3.85. The van der Waals surface area contributed by atoms with Crippen LogP contribution in [0.1, 0.15) is 6.42 Å². The smallest absolute Gasteiger partial charge is 0.0831 e. The highest BCUT2D eigenvalue weighted by Gasteiger charge is 2.26. The van der Waals surface area contributed by atoms with Crippen molar-refractivity contribution in [1.29, 1.82) is 0 Å². The highest BCUT2D eigenvalue weighted by Crippen LogP contribution is 2.32. The molecular formula is C7H12BrClN2. The molecule has 2 N–H and O–H groups in total. The third kappa shape index (κ3) is 2.18. The monoisotopic (exact) mass is 238 g/mol. The molecule has 0 aliphatic heterocycles. The molecule has 0 aromatic carbocycles. The van der Waals surface area contributed by atoms with Crippen molar-refractivity contribution in [3.63, 3.8) is 0 Å². The van der Waals surface area contributed by atoms with Crippen molar-refractivity contribution < 1.29 is 0 Å². The Bertz CT molecular complexity index is 161. The third-order valence-corrected chi connectivity index (χ3v) is 3.08. The van der Waals surface area contributed by atoms with Crippen LogP contribution in [0.5, 0.6) is 0 Å². The molecule has 0 saturated carbocycles. The number of hydrogen-bond donors (Lipinski definition) is 2. The van der Waals surface area contributed by atoms with Gasteiger partial charge in [0.1, 0.15) is 0 Å². The van der Waals surface area contributed by atoms with Gasteiger partial charge in [0.05, 0.1) is 4.95 Å². The predicted octanol–water partition coefficient (Wildman–Crippen LogP) is 1.62. The number of allylic oxidation sites excluding steroid dienone is 1. The zero-order valence-corrected chi connectivity index (χ0v) is 8.74. The first-order chi connectivity index (χ1) is 5.29. The van der Waals surface area contributed by atoms with Crippen molar-refractivity contribution in [2.75, 3.05) is 12.9 Å². The van der Waals surface area contributed by atoms with E-state index in [4.69, 9.17) is 11.6 Å². The molecule has 64 valence electrons. The van der Waals surface area contributed by atoms with Crippen molar-refractivity contribution in [1.82, 2.24) is 10.9 Å². The van der Waals surface area contributed by atoms with Gasteiger partial charge in [-0.25, -0.2) is 5.43 Å². The predicted molar refractivity (Wildman–Crippen MR) is 51.8 cm³/mol. The molecule has 0 aromatic rings. The van der Waals surface area contributed by atoms with E-state index in [-0.39, 0.29) is 0 Å². The topological polar surface area (TPSA) is 24.1 Å². The van der Waals surface area contributed by atoms with E-state index >= 15 is 0 Å². The molecule has 1 aliphatic carbocycles. The standard InChI is InChI=1S/C7H12BrClN2/c1-10-11-7(8)6-3-2-5(6)4-9/h2,6-7,10-11H,3-4H2,1H3/t6-,7+/m0/s1. The van der Waals surface area contributed by atoms with Gasteiger partial charge in [-0.05, 0) is 13.5 Å². The fourth-order valence-electron chi connectivity index (χ4n) is 1.12. The average Bonchev–Trinajstić information content (AvgIpc) is 1.86. The van der Waals surface area contributed by atoms with Crippen LogP contribution in [0.15, 0.2) is 11.6 Å². The summed E-state index contributed by atoms with van der Waals surface area (Å²) in [5.74, 6) is 1.21. The fraction of sp³-hybridized carbons (Fsp3) is 0.714. The van der Waals surface area contributed by atoms with Crippen molar-refractivity contribution >= 4 is 27.5 Å². The van der Waals surface area contributed by atoms with E-state index in [9.17, 15) is 0 Å². The Morgan fingerprint density at radius 3 is 3.00 bits per heavy atom. The molecule has 4 heteroatoms. The minimum atomic E-state index is 0.297. The van der Waals surface area contributed by atoms with Gasteiger partial charge in [-0.3, -0.25) is 5.43 Å². The summed E-state index contributed by atoms with van der Waals surface area (Å²) < 4.78 is 0. The van der Waals surface area contributed by atoms with Crippen LogP contribution in [0.25, 0.3) is 0 Å². The molecule has 1 aliphatic rings. The number of hydrazine groups is 1. The zero-order valence-electron chi connectivity index (χ0n) is 6.40. The molecule has 1 rings (SSSR count).